The lowest BCUT2D eigenvalue weighted by molar-refractivity contribution is 0.580. The highest BCUT2D eigenvalue weighted by Crippen LogP contribution is 1.88. The second-order valence-corrected chi connectivity index (χ2v) is 3.27. The number of hydrogen-bond donors (Lipinski definition) is 3. The molecule has 0 spiro atoms. The largest absolute Gasteiger partial charge is 0.328 e. The van der Waals surface area contributed by atoms with E-state index in [9.17, 15) is 9.59 Å². The summed E-state index contributed by atoms with van der Waals surface area (Å²) in [5.41, 5.74) is 5.03. The average Bonchev–Trinajstić information content (AvgIpc) is 2.21. The van der Waals surface area contributed by atoms with Gasteiger partial charge in [-0.1, -0.05) is 0 Å². The molecule has 0 fully saturated rings. The number of aryl methyl sites for hydroxylation is 1. The van der Waals surface area contributed by atoms with Crippen molar-refractivity contribution >= 4 is 0 Å². The Hall–Kier alpha value is -1.40. The van der Waals surface area contributed by atoms with Gasteiger partial charge < -0.3 is 15.6 Å². The Morgan fingerprint density at radius 1 is 1.53 bits per heavy atom. The summed E-state index contributed by atoms with van der Waals surface area (Å²) in [5.74, 6) is 0. The SMILES string of the molecule is CNCCCn1cc(CN)c(=O)[nH]c1=O. The van der Waals surface area contributed by atoms with Crippen LogP contribution in [0.1, 0.15) is 12.0 Å². The van der Waals surface area contributed by atoms with E-state index in [1.54, 1.807) is 0 Å². The predicted octanol–water partition coefficient (Wildman–Crippen LogP) is -1.40. The first kappa shape index (κ1) is 11.7. The van der Waals surface area contributed by atoms with E-state index >= 15 is 0 Å². The predicted molar refractivity (Wildman–Crippen MR) is 57.8 cm³/mol. The van der Waals surface area contributed by atoms with Crippen molar-refractivity contribution in [1.82, 2.24) is 14.9 Å². The summed E-state index contributed by atoms with van der Waals surface area (Å²) >= 11 is 0. The molecular weight excluding hydrogens is 196 g/mol. The lowest BCUT2D eigenvalue weighted by Gasteiger charge is -2.05. The number of aromatic nitrogens is 2. The smallest absolute Gasteiger partial charge is 0.326 e. The molecule has 1 rings (SSSR count). The van der Waals surface area contributed by atoms with Crippen LogP contribution in [0.4, 0.5) is 0 Å². The molecule has 0 bridgehead atoms. The normalized spacial score (nSPS) is 10.5. The van der Waals surface area contributed by atoms with Crippen LogP contribution in [0, 0.1) is 0 Å². The molecule has 6 heteroatoms. The summed E-state index contributed by atoms with van der Waals surface area (Å²) in [4.78, 5) is 24.8. The van der Waals surface area contributed by atoms with Crippen molar-refractivity contribution < 1.29 is 0 Å². The number of nitrogens with zero attached hydrogens (tertiary/aromatic N) is 1. The second kappa shape index (κ2) is 5.47. The van der Waals surface area contributed by atoms with Crippen LogP contribution < -0.4 is 22.3 Å². The molecule has 6 nitrogen and oxygen atoms in total. The van der Waals surface area contributed by atoms with Crippen molar-refractivity contribution in [2.45, 2.75) is 19.5 Å². The zero-order valence-corrected chi connectivity index (χ0v) is 8.75. The van der Waals surface area contributed by atoms with Gasteiger partial charge in [-0.05, 0) is 20.0 Å². The Bertz CT molecular complexity index is 421. The molecule has 0 unspecified atom stereocenters. The monoisotopic (exact) mass is 212 g/mol. The topological polar surface area (TPSA) is 92.9 Å². The third-order valence-electron chi connectivity index (χ3n) is 2.13. The minimum Gasteiger partial charge on any atom is -0.326 e. The molecule has 0 aliphatic rings. The van der Waals surface area contributed by atoms with E-state index in [2.05, 4.69) is 10.3 Å². The molecule has 1 aromatic rings. The molecule has 0 aliphatic heterocycles. The van der Waals surface area contributed by atoms with Gasteiger partial charge in [0.15, 0.2) is 0 Å². The fraction of sp³-hybridized carbons (Fsp3) is 0.556. The van der Waals surface area contributed by atoms with E-state index in [4.69, 9.17) is 5.73 Å². The minimum absolute atomic E-state index is 0.141. The van der Waals surface area contributed by atoms with Gasteiger partial charge >= 0.3 is 5.69 Å². The summed E-state index contributed by atoms with van der Waals surface area (Å²) in [6, 6.07) is 0. The van der Waals surface area contributed by atoms with Crippen LogP contribution in [0.2, 0.25) is 0 Å². The van der Waals surface area contributed by atoms with Crippen molar-refractivity contribution in [2.75, 3.05) is 13.6 Å². The number of aromatic amines is 1. The number of nitrogens with two attached hydrogens (primary N) is 1. The molecule has 0 saturated carbocycles. The summed E-state index contributed by atoms with van der Waals surface area (Å²) < 4.78 is 1.47. The molecule has 0 radical (unpaired) electrons. The molecule has 1 heterocycles. The first-order valence-corrected chi connectivity index (χ1v) is 4.86. The highest BCUT2D eigenvalue weighted by atomic mass is 16.2. The molecule has 4 N–H and O–H groups in total. The minimum atomic E-state index is -0.396. The van der Waals surface area contributed by atoms with Crippen molar-refractivity contribution in [3.63, 3.8) is 0 Å². The first-order chi connectivity index (χ1) is 7.19. The lowest BCUT2D eigenvalue weighted by Crippen LogP contribution is -2.33. The van der Waals surface area contributed by atoms with Crippen LogP contribution in [0.25, 0.3) is 0 Å². The van der Waals surface area contributed by atoms with Crippen molar-refractivity contribution in [3.05, 3.63) is 32.6 Å². The number of rotatable bonds is 5. The highest BCUT2D eigenvalue weighted by molar-refractivity contribution is 5.03. The van der Waals surface area contributed by atoms with E-state index in [1.807, 2.05) is 7.05 Å². The Balaban J connectivity index is 2.88. The average molecular weight is 212 g/mol. The molecule has 0 atom stereocenters. The van der Waals surface area contributed by atoms with Gasteiger partial charge in [-0.25, -0.2) is 4.79 Å². The molecule has 0 aromatic carbocycles. The van der Waals surface area contributed by atoms with Gasteiger partial charge in [-0.3, -0.25) is 9.78 Å². The van der Waals surface area contributed by atoms with E-state index in [-0.39, 0.29) is 12.2 Å². The Kier molecular flexibility index (Phi) is 4.26. The third-order valence-corrected chi connectivity index (χ3v) is 2.13. The molecule has 0 amide bonds. The van der Waals surface area contributed by atoms with Gasteiger partial charge in [0.05, 0.1) is 0 Å². The number of hydrogen-bond acceptors (Lipinski definition) is 4. The molecule has 1 aromatic heterocycles. The summed E-state index contributed by atoms with van der Waals surface area (Å²) in [6.45, 7) is 1.54. The zero-order valence-electron chi connectivity index (χ0n) is 8.75. The van der Waals surface area contributed by atoms with Gasteiger partial charge in [0.2, 0.25) is 0 Å². The number of H-pyrrole nitrogens is 1. The highest BCUT2D eigenvalue weighted by Gasteiger charge is 2.02. The van der Waals surface area contributed by atoms with E-state index in [1.165, 1.54) is 10.8 Å². The van der Waals surface area contributed by atoms with Crippen LogP contribution in [0.5, 0.6) is 0 Å². The summed E-state index contributed by atoms with van der Waals surface area (Å²) in [6.07, 6.45) is 2.35. The second-order valence-electron chi connectivity index (χ2n) is 3.27. The van der Waals surface area contributed by atoms with Crippen LogP contribution in [-0.4, -0.2) is 23.1 Å². The van der Waals surface area contributed by atoms with Gasteiger partial charge in [0.25, 0.3) is 5.56 Å². The quantitative estimate of drug-likeness (QED) is 0.524. The zero-order chi connectivity index (χ0) is 11.3. The fourth-order valence-corrected chi connectivity index (χ4v) is 1.29. The summed E-state index contributed by atoms with van der Waals surface area (Å²) in [7, 11) is 1.85. The van der Waals surface area contributed by atoms with Crippen LogP contribution in [-0.2, 0) is 13.1 Å². The van der Waals surface area contributed by atoms with Crippen LogP contribution in [0.15, 0.2) is 15.8 Å². The molecule has 0 aliphatic carbocycles. The maximum Gasteiger partial charge on any atom is 0.328 e. The van der Waals surface area contributed by atoms with Crippen molar-refractivity contribution in [1.29, 1.82) is 0 Å². The molecular formula is C9H16N4O2. The van der Waals surface area contributed by atoms with Crippen molar-refractivity contribution in [2.24, 2.45) is 5.73 Å². The lowest BCUT2D eigenvalue weighted by atomic mass is 10.3. The van der Waals surface area contributed by atoms with E-state index < -0.39 is 5.56 Å². The van der Waals surface area contributed by atoms with Gasteiger partial charge in [-0.15, -0.1) is 0 Å². The van der Waals surface area contributed by atoms with Gasteiger partial charge in [-0.2, -0.15) is 0 Å². The standard InChI is InChI=1S/C9H16N4O2/c1-11-3-2-4-13-6-7(5-10)8(14)12-9(13)15/h6,11H,2-5,10H2,1H3,(H,12,14,15). The van der Waals surface area contributed by atoms with Crippen LogP contribution >= 0.6 is 0 Å². The Labute approximate surface area is 87.1 Å². The maximum atomic E-state index is 11.3. The Morgan fingerprint density at radius 3 is 2.87 bits per heavy atom. The van der Waals surface area contributed by atoms with E-state index in [0.29, 0.717) is 12.1 Å². The van der Waals surface area contributed by atoms with Gasteiger partial charge in [0.1, 0.15) is 0 Å². The Morgan fingerprint density at radius 2 is 2.27 bits per heavy atom. The van der Waals surface area contributed by atoms with Crippen LogP contribution in [0.3, 0.4) is 0 Å². The summed E-state index contributed by atoms with van der Waals surface area (Å²) in [5, 5.41) is 2.99. The van der Waals surface area contributed by atoms with Crippen molar-refractivity contribution in [3.8, 4) is 0 Å². The molecule has 0 saturated heterocycles. The molecule has 84 valence electrons. The molecule has 15 heavy (non-hydrogen) atoms. The third kappa shape index (κ3) is 3.03. The maximum absolute atomic E-state index is 11.3. The van der Waals surface area contributed by atoms with E-state index in [0.717, 1.165) is 13.0 Å². The van der Waals surface area contributed by atoms with Gasteiger partial charge in [0, 0.05) is 24.8 Å². The fourth-order valence-electron chi connectivity index (χ4n) is 1.29. The number of nitrogens with one attached hydrogen (secondary N) is 2. The first-order valence-electron chi connectivity index (χ1n) is 4.86.